The molecule has 5 heteroatoms. The SMILES string of the molecule is COc1ccc(CO[C@H](CO)[C@@H]2CC[C@@H](COCc3ccccc3)O2)cc1. The van der Waals surface area contributed by atoms with E-state index in [0.29, 0.717) is 19.8 Å². The molecule has 2 aromatic rings. The van der Waals surface area contributed by atoms with E-state index in [1.165, 1.54) is 0 Å². The fourth-order valence-corrected chi connectivity index (χ4v) is 3.21. The van der Waals surface area contributed by atoms with Crippen molar-refractivity contribution in [1.29, 1.82) is 0 Å². The summed E-state index contributed by atoms with van der Waals surface area (Å²) in [4.78, 5) is 0. The molecule has 3 atom stereocenters. The molecule has 0 unspecified atom stereocenters. The van der Waals surface area contributed by atoms with Crippen molar-refractivity contribution in [3.05, 3.63) is 65.7 Å². The van der Waals surface area contributed by atoms with Gasteiger partial charge in [-0.3, -0.25) is 0 Å². The Kier molecular flexibility index (Phi) is 7.66. The first-order chi connectivity index (χ1) is 13.3. The van der Waals surface area contributed by atoms with Crippen molar-refractivity contribution in [2.75, 3.05) is 20.3 Å². The Morgan fingerprint density at radius 3 is 2.44 bits per heavy atom. The number of aliphatic hydroxyl groups excluding tert-OH is 1. The van der Waals surface area contributed by atoms with Crippen LogP contribution < -0.4 is 4.74 Å². The summed E-state index contributed by atoms with van der Waals surface area (Å²) in [5, 5.41) is 9.70. The highest BCUT2D eigenvalue weighted by molar-refractivity contribution is 5.26. The summed E-state index contributed by atoms with van der Waals surface area (Å²) in [5.41, 5.74) is 2.19. The van der Waals surface area contributed by atoms with Gasteiger partial charge in [0.2, 0.25) is 0 Å². The summed E-state index contributed by atoms with van der Waals surface area (Å²) >= 11 is 0. The molecule has 0 bridgehead atoms. The van der Waals surface area contributed by atoms with Crippen LogP contribution in [0.5, 0.6) is 5.75 Å². The predicted octanol–water partition coefficient (Wildman–Crippen LogP) is 3.34. The van der Waals surface area contributed by atoms with E-state index in [0.717, 1.165) is 29.7 Å². The largest absolute Gasteiger partial charge is 0.497 e. The molecule has 0 amide bonds. The van der Waals surface area contributed by atoms with Crippen LogP contribution >= 0.6 is 0 Å². The number of benzene rings is 2. The first-order valence-corrected chi connectivity index (χ1v) is 9.41. The van der Waals surface area contributed by atoms with E-state index >= 15 is 0 Å². The molecule has 146 valence electrons. The van der Waals surface area contributed by atoms with Crippen molar-refractivity contribution in [2.45, 2.75) is 44.4 Å². The molecule has 1 aliphatic heterocycles. The fourth-order valence-electron chi connectivity index (χ4n) is 3.21. The third-order valence-corrected chi connectivity index (χ3v) is 4.77. The van der Waals surface area contributed by atoms with Gasteiger partial charge >= 0.3 is 0 Å². The lowest BCUT2D eigenvalue weighted by atomic mass is 10.1. The van der Waals surface area contributed by atoms with Gasteiger partial charge in [-0.15, -0.1) is 0 Å². The summed E-state index contributed by atoms with van der Waals surface area (Å²) in [7, 11) is 1.64. The maximum atomic E-state index is 9.70. The summed E-state index contributed by atoms with van der Waals surface area (Å²) < 4.78 is 22.9. The molecule has 1 saturated heterocycles. The molecule has 1 aliphatic rings. The van der Waals surface area contributed by atoms with Crippen molar-refractivity contribution in [3.63, 3.8) is 0 Å². The van der Waals surface area contributed by atoms with E-state index in [-0.39, 0.29) is 24.9 Å². The van der Waals surface area contributed by atoms with E-state index in [2.05, 4.69) is 0 Å². The minimum Gasteiger partial charge on any atom is -0.497 e. The normalized spacial score (nSPS) is 20.5. The summed E-state index contributed by atoms with van der Waals surface area (Å²) in [6, 6.07) is 17.8. The molecule has 0 aromatic heterocycles. The smallest absolute Gasteiger partial charge is 0.118 e. The van der Waals surface area contributed by atoms with Crippen LogP contribution in [0.2, 0.25) is 0 Å². The zero-order valence-corrected chi connectivity index (χ0v) is 15.8. The minimum absolute atomic E-state index is 0.0531. The van der Waals surface area contributed by atoms with E-state index in [1.54, 1.807) is 7.11 Å². The molecule has 0 aliphatic carbocycles. The highest BCUT2D eigenvalue weighted by Gasteiger charge is 2.32. The van der Waals surface area contributed by atoms with E-state index in [4.69, 9.17) is 18.9 Å². The van der Waals surface area contributed by atoms with Crippen molar-refractivity contribution in [3.8, 4) is 5.75 Å². The van der Waals surface area contributed by atoms with Crippen LogP contribution in [0.1, 0.15) is 24.0 Å². The van der Waals surface area contributed by atoms with E-state index in [1.807, 2.05) is 54.6 Å². The molecular formula is C22H28O5. The number of hydrogen-bond acceptors (Lipinski definition) is 5. The van der Waals surface area contributed by atoms with Gasteiger partial charge in [0.1, 0.15) is 11.9 Å². The molecule has 5 nitrogen and oxygen atoms in total. The van der Waals surface area contributed by atoms with Crippen LogP contribution in [0.15, 0.2) is 54.6 Å². The summed E-state index contributed by atoms with van der Waals surface area (Å²) in [6.07, 6.45) is 1.41. The molecule has 2 aromatic carbocycles. The molecule has 0 saturated carbocycles. The van der Waals surface area contributed by atoms with Crippen molar-refractivity contribution in [1.82, 2.24) is 0 Å². The van der Waals surface area contributed by atoms with Gasteiger partial charge in [-0.05, 0) is 36.1 Å². The van der Waals surface area contributed by atoms with Crippen molar-refractivity contribution < 1.29 is 24.1 Å². The third-order valence-electron chi connectivity index (χ3n) is 4.77. The Hall–Kier alpha value is -1.92. The Labute approximate surface area is 160 Å². The maximum absolute atomic E-state index is 9.70. The van der Waals surface area contributed by atoms with E-state index < -0.39 is 0 Å². The maximum Gasteiger partial charge on any atom is 0.118 e. The van der Waals surface area contributed by atoms with Gasteiger partial charge in [0.15, 0.2) is 0 Å². The van der Waals surface area contributed by atoms with Gasteiger partial charge in [-0.25, -0.2) is 0 Å². The zero-order chi connectivity index (χ0) is 18.9. The predicted molar refractivity (Wildman–Crippen MR) is 103 cm³/mol. The van der Waals surface area contributed by atoms with Gasteiger partial charge in [-0.1, -0.05) is 42.5 Å². The Bertz CT molecular complexity index is 658. The molecular weight excluding hydrogens is 344 g/mol. The molecule has 3 rings (SSSR count). The Morgan fingerprint density at radius 2 is 1.74 bits per heavy atom. The first kappa shape index (κ1) is 19.8. The minimum atomic E-state index is -0.328. The van der Waals surface area contributed by atoms with Crippen LogP contribution in [0.4, 0.5) is 0 Å². The second kappa shape index (κ2) is 10.4. The molecule has 0 spiro atoms. The third kappa shape index (κ3) is 6.04. The van der Waals surface area contributed by atoms with E-state index in [9.17, 15) is 5.11 Å². The zero-order valence-electron chi connectivity index (χ0n) is 15.8. The van der Waals surface area contributed by atoms with Crippen LogP contribution in [0.25, 0.3) is 0 Å². The number of ether oxygens (including phenoxy) is 4. The van der Waals surface area contributed by atoms with Crippen LogP contribution in [0, 0.1) is 0 Å². The lowest BCUT2D eigenvalue weighted by Gasteiger charge is -2.23. The van der Waals surface area contributed by atoms with Gasteiger partial charge in [0.05, 0.1) is 45.7 Å². The average molecular weight is 372 g/mol. The quantitative estimate of drug-likeness (QED) is 0.693. The standard InChI is InChI=1S/C22H28O5/c1-24-19-9-7-18(8-10-19)15-26-22(13-23)21-12-11-20(27-21)16-25-14-17-5-3-2-4-6-17/h2-10,20-23H,11-16H2,1H3/t20-,21-,22+/m0/s1. The average Bonchev–Trinajstić information content (AvgIpc) is 3.18. The molecule has 0 radical (unpaired) electrons. The highest BCUT2D eigenvalue weighted by Crippen LogP contribution is 2.25. The topological polar surface area (TPSA) is 57.2 Å². The lowest BCUT2D eigenvalue weighted by Crippen LogP contribution is -2.33. The second-order valence-corrected chi connectivity index (χ2v) is 6.75. The molecule has 1 fully saturated rings. The van der Waals surface area contributed by atoms with Gasteiger partial charge < -0.3 is 24.1 Å². The van der Waals surface area contributed by atoms with Crippen LogP contribution in [-0.2, 0) is 27.4 Å². The van der Waals surface area contributed by atoms with Crippen molar-refractivity contribution >= 4 is 0 Å². The molecule has 27 heavy (non-hydrogen) atoms. The van der Waals surface area contributed by atoms with Gasteiger partial charge in [-0.2, -0.15) is 0 Å². The molecule has 1 heterocycles. The number of hydrogen-bond donors (Lipinski definition) is 1. The highest BCUT2D eigenvalue weighted by atomic mass is 16.6. The van der Waals surface area contributed by atoms with Crippen LogP contribution in [-0.4, -0.2) is 43.7 Å². The number of aliphatic hydroxyl groups is 1. The summed E-state index contributed by atoms with van der Waals surface area (Å²) in [5.74, 6) is 0.815. The summed E-state index contributed by atoms with van der Waals surface area (Å²) in [6.45, 7) is 1.52. The lowest BCUT2D eigenvalue weighted by molar-refractivity contribution is -0.106. The van der Waals surface area contributed by atoms with Crippen LogP contribution in [0.3, 0.4) is 0 Å². The Morgan fingerprint density at radius 1 is 1.00 bits per heavy atom. The second-order valence-electron chi connectivity index (χ2n) is 6.75. The van der Waals surface area contributed by atoms with Crippen molar-refractivity contribution in [2.24, 2.45) is 0 Å². The van der Waals surface area contributed by atoms with Gasteiger partial charge in [0, 0.05) is 0 Å². The monoisotopic (exact) mass is 372 g/mol. The number of rotatable bonds is 10. The molecule has 1 N–H and O–H groups in total. The number of methoxy groups -OCH3 is 1. The first-order valence-electron chi connectivity index (χ1n) is 9.41. The Balaban J connectivity index is 1.40. The fraction of sp³-hybridized carbons (Fsp3) is 0.455. The van der Waals surface area contributed by atoms with Gasteiger partial charge in [0.25, 0.3) is 0 Å².